The van der Waals surface area contributed by atoms with Gasteiger partial charge in [-0.25, -0.2) is 0 Å². The fraction of sp³-hybridized carbons (Fsp3) is 0.300. The highest BCUT2D eigenvalue weighted by atomic mass is 16.5. The highest BCUT2D eigenvalue weighted by Crippen LogP contribution is 2.38. The Bertz CT molecular complexity index is 841. The van der Waals surface area contributed by atoms with Gasteiger partial charge in [0, 0.05) is 23.7 Å². The highest BCUT2D eigenvalue weighted by molar-refractivity contribution is 5.95. The summed E-state index contributed by atoms with van der Waals surface area (Å²) in [6.45, 7) is 4.54. The van der Waals surface area contributed by atoms with Crippen molar-refractivity contribution >= 4 is 17.3 Å². The van der Waals surface area contributed by atoms with Crippen molar-refractivity contribution in [3.05, 3.63) is 47.5 Å². The molecule has 0 spiro atoms. The first-order valence-corrected chi connectivity index (χ1v) is 8.59. The summed E-state index contributed by atoms with van der Waals surface area (Å²) >= 11 is 0. The third-order valence-corrected chi connectivity index (χ3v) is 4.04. The molecular formula is C20H21N3O3. The molecule has 1 amide bonds. The monoisotopic (exact) mass is 351 g/mol. The first-order chi connectivity index (χ1) is 12.6. The van der Waals surface area contributed by atoms with Gasteiger partial charge >= 0.3 is 0 Å². The lowest BCUT2D eigenvalue weighted by Gasteiger charge is -2.14. The van der Waals surface area contributed by atoms with Gasteiger partial charge in [0.15, 0.2) is 0 Å². The molecule has 1 heterocycles. The number of nitrogens with zero attached hydrogens (tertiary/aromatic N) is 1. The van der Waals surface area contributed by atoms with Crippen LogP contribution in [0.1, 0.15) is 25.0 Å². The van der Waals surface area contributed by atoms with Crippen LogP contribution in [-0.2, 0) is 11.2 Å². The smallest absolute Gasteiger partial charge is 0.243 e. The molecule has 0 aromatic heterocycles. The van der Waals surface area contributed by atoms with E-state index in [-0.39, 0.29) is 18.6 Å². The SMILES string of the molecule is CCOc1cc2c(cc1NC(=O)CNc1ccc(C#N)cc1)OC(C)C2. The van der Waals surface area contributed by atoms with Crippen molar-refractivity contribution in [3.63, 3.8) is 0 Å². The number of anilines is 2. The van der Waals surface area contributed by atoms with Gasteiger partial charge in [-0.3, -0.25) is 4.79 Å². The minimum atomic E-state index is -0.193. The van der Waals surface area contributed by atoms with Crippen LogP contribution < -0.4 is 20.1 Å². The van der Waals surface area contributed by atoms with Crippen LogP contribution in [-0.4, -0.2) is 25.2 Å². The van der Waals surface area contributed by atoms with Crippen LogP contribution in [0.5, 0.6) is 11.5 Å². The zero-order chi connectivity index (χ0) is 18.5. The molecule has 2 aromatic rings. The Morgan fingerprint density at radius 2 is 2.12 bits per heavy atom. The molecular weight excluding hydrogens is 330 g/mol. The summed E-state index contributed by atoms with van der Waals surface area (Å²) in [7, 11) is 0. The lowest BCUT2D eigenvalue weighted by molar-refractivity contribution is -0.114. The van der Waals surface area contributed by atoms with E-state index in [4.69, 9.17) is 14.7 Å². The number of benzene rings is 2. The lowest BCUT2D eigenvalue weighted by atomic mass is 10.1. The number of hydrogen-bond donors (Lipinski definition) is 2. The second-order valence-corrected chi connectivity index (χ2v) is 6.11. The van der Waals surface area contributed by atoms with Gasteiger partial charge in [-0.1, -0.05) is 0 Å². The van der Waals surface area contributed by atoms with Crippen LogP contribution in [0.2, 0.25) is 0 Å². The van der Waals surface area contributed by atoms with Crippen molar-refractivity contribution in [2.24, 2.45) is 0 Å². The normalized spacial score (nSPS) is 14.7. The van der Waals surface area contributed by atoms with Crippen molar-refractivity contribution in [2.45, 2.75) is 26.4 Å². The summed E-state index contributed by atoms with van der Waals surface area (Å²) in [5.41, 5.74) is 3.05. The zero-order valence-corrected chi connectivity index (χ0v) is 14.8. The first-order valence-electron chi connectivity index (χ1n) is 8.59. The molecule has 1 aliphatic heterocycles. The summed E-state index contributed by atoms with van der Waals surface area (Å²) < 4.78 is 11.4. The average molecular weight is 351 g/mol. The molecule has 1 aliphatic rings. The summed E-state index contributed by atoms with van der Waals surface area (Å²) in [4.78, 5) is 12.3. The molecule has 2 N–H and O–H groups in total. The number of rotatable bonds is 6. The Morgan fingerprint density at radius 3 is 2.81 bits per heavy atom. The van der Waals surface area contributed by atoms with Gasteiger partial charge in [0.25, 0.3) is 0 Å². The van der Waals surface area contributed by atoms with Crippen molar-refractivity contribution < 1.29 is 14.3 Å². The third kappa shape index (κ3) is 4.06. The van der Waals surface area contributed by atoms with Gasteiger partial charge in [-0.2, -0.15) is 5.26 Å². The number of carbonyl (C=O) groups excluding carboxylic acids is 1. The molecule has 0 aliphatic carbocycles. The molecule has 6 heteroatoms. The molecule has 0 saturated carbocycles. The lowest BCUT2D eigenvalue weighted by Crippen LogP contribution is -2.22. The minimum absolute atomic E-state index is 0.103. The number of amides is 1. The maximum atomic E-state index is 12.3. The number of nitriles is 1. The van der Waals surface area contributed by atoms with Crippen molar-refractivity contribution in [1.82, 2.24) is 0 Å². The second-order valence-electron chi connectivity index (χ2n) is 6.11. The van der Waals surface area contributed by atoms with Crippen molar-refractivity contribution in [2.75, 3.05) is 23.8 Å². The quantitative estimate of drug-likeness (QED) is 0.834. The molecule has 1 atom stereocenters. The van der Waals surface area contributed by atoms with E-state index in [1.54, 1.807) is 24.3 Å². The number of fused-ring (bicyclic) bond motifs is 1. The Kier molecular flexibility index (Phi) is 5.28. The number of ether oxygens (including phenoxy) is 2. The predicted octanol–water partition coefficient (Wildman–Crippen LogP) is 3.33. The zero-order valence-electron chi connectivity index (χ0n) is 14.8. The van der Waals surface area contributed by atoms with E-state index in [1.165, 1.54) is 0 Å². The predicted molar refractivity (Wildman–Crippen MR) is 99.7 cm³/mol. The average Bonchev–Trinajstić information content (AvgIpc) is 2.99. The topological polar surface area (TPSA) is 83.4 Å². The molecule has 0 saturated heterocycles. The highest BCUT2D eigenvalue weighted by Gasteiger charge is 2.22. The summed E-state index contributed by atoms with van der Waals surface area (Å²) in [6.07, 6.45) is 0.965. The van der Waals surface area contributed by atoms with Crippen LogP contribution in [0.15, 0.2) is 36.4 Å². The van der Waals surface area contributed by atoms with Gasteiger partial charge < -0.3 is 20.1 Å². The van der Waals surface area contributed by atoms with Gasteiger partial charge in [0.2, 0.25) is 5.91 Å². The number of carbonyl (C=O) groups is 1. The van der Waals surface area contributed by atoms with Crippen LogP contribution in [0, 0.1) is 11.3 Å². The van der Waals surface area contributed by atoms with Gasteiger partial charge in [-0.05, 0) is 44.2 Å². The molecule has 1 unspecified atom stereocenters. The molecule has 2 aromatic carbocycles. The minimum Gasteiger partial charge on any atom is -0.492 e. The molecule has 3 rings (SSSR count). The van der Waals surface area contributed by atoms with Gasteiger partial charge in [0.1, 0.15) is 17.6 Å². The Morgan fingerprint density at radius 1 is 1.35 bits per heavy atom. The fourth-order valence-corrected chi connectivity index (χ4v) is 2.85. The molecule has 6 nitrogen and oxygen atoms in total. The van der Waals surface area contributed by atoms with E-state index >= 15 is 0 Å². The van der Waals surface area contributed by atoms with Crippen LogP contribution in [0.4, 0.5) is 11.4 Å². The molecule has 134 valence electrons. The van der Waals surface area contributed by atoms with E-state index in [2.05, 4.69) is 16.7 Å². The van der Waals surface area contributed by atoms with E-state index in [0.29, 0.717) is 23.6 Å². The summed E-state index contributed by atoms with van der Waals surface area (Å²) in [6, 6.07) is 12.8. The Hall–Kier alpha value is -3.20. The van der Waals surface area contributed by atoms with Crippen molar-refractivity contribution in [1.29, 1.82) is 5.26 Å². The Labute approximate surface area is 152 Å². The van der Waals surface area contributed by atoms with E-state index in [9.17, 15) is 4.79 Å². The molecule has 0 radical (unpaired) electrons. The van der Waals surface area contributed by atoms with Gasteiger partial charge in [-0.15, -0.1) is 0 Å². The maximum Gasteiger partial charge on any atom is 0.243 e. The van der Waals surface area contributed by atoms with Crippen LogP contribution in [0.3, 0.4) is 0 Å². The largest absolute Gasteiger partial charge is 0.492 e. The third-order valence-electron chi connectivity index (χ3n) is 4.04. The Balaban J connectivity index is 1.66. The van der Waals surface area contributed by atoms with E-state index in [0.717, 1.165) is 23.4 Å². The first kappa shape index (κ1) is 17.6. The second kappa shape index (κ2) is 7.79. The standard InChI is InChI=1S/C20H21N3O3/c1-3-25-19-9-15-8-13(2)26-18(15)10-17(19)23-20(24)12-22-16-6-4-14(11-21)5-7-16/h4-7,9-10,13,22H,3,8,12H2,1-2H3,(H,23,24). The van der Waals surface area contributed by atoms with E-state index < -0.39 is 0 Å². The molecule has 26 heavy (non-hydrogen) atoms. The molecule has 0 fully saturated rings. The summed E-state index contributed by atoms with van der Waals surface area (Å²) in [5.74, 6) is 1.24. The van der Waals surface area contributed by atoms with E-state index in [1.807, 2.05) is 26.0 Å². The molecule has 0 bridgehead atoms. The van der Waals surface area contributed by atoms with Gasteiger partial charge in [0.05, 0.1) is 30.5 Å². The van der Waals surface area contributed by atoms with Crippen LogP contribution >= 0.6 is 0 Å². The number of hydrogen-bond acceptors (Lipinski definition) is 5. The van der Waals surface area contributed by atoms with Crippen molar-refractivity contribution in [3.8, 4) is 17.6 Å². The summed E-state index contributed by atoms with van der Waals surface area (Å²) in [5, 5.41) is 14.7. The number of nitrogens with one attached hydrogen (secondary N) is 2. The fourth-order valence-electron chi connectivity index (χ4n) is 2.85. The van der Waals surface area contributed by atoms with Crippen LogP contribution in [0.25, 0.3) is 0 Å². The maximum absolute atomic E-state index is 12.3.